The number of aliphatic hydroxyl groups is 1. The van der Waals surface area contributed by atoms with Gasteiger partial charge in [0.25, 0.3) is 0 Å². The molecule has 0 aliphatic heterocycles. The highest BCUT2D eigenvalue weighted by atomic mass is 32.1. The van der Waals surface area contributed by atoms with Crippen molar-refractivity contribution in [2.45, 2.75) is 6.92 Å². The molecule has 110 valence electrons. The van der Waals surface area contributed by atoms with Gasteiger partial charge in [-0.1, -0.05) is 0 Å². The standard InChI is InChI=1S/C13H22O5S/c1-12-10-19-11-13(12)18-9-8-17-7-6-16-5-4-15-3-2-14/h10-11,14H,2-9H2,1H3. The molecule has 0 saturated heterocycles. The minimum atomic E-state index is 0.0483. The van der Waals surface area contributed by atoms with E-state index in [0.29, 0.717) is 46.2 Å². The van der Waals surface area contributed by atoms with Gasteiger partial charge in [-0.25, -0.2) is 0 Å². The lowest BCUT2D eigenvalue weighted by molar-refractivity contribution is 0.00360. The van der Waals surface area contributed by atoms with E-state index in [1.165, 1.54) is 0 Å². The van der Waals surface area contributed by atoms with E-state index >= 15 is 0 Å². The Morgan fingerprint density at radius 3 is 2.00 bits per heavy atom. The van der Waals surface area contributed by atoms with Crippen LogP contribution < -0.4 is 4.74 Å². The largest absolute Gasteiger partial charge is 0.490 e. The average Bonchev–Trinajstić information content (AvgIpc) is 2.82. The summed E-state index contributed by atoms with van der Waals surface area (Å²) in [6.07, 6.45) is 0. The first-order valence-corrected chi connectivity index (χ1v) is 7.28. The Bertz CT molecular complexity index is 316. The van der Waals surface area contributed by atoms with Gasteiger partial charge in [0.15, 0.2) is 0 Å². The third-order valence-corrected chi connectivity index (χ3v) is 3.11. The summed E-state index contributed by atoms with van der Waals surface area (Å²) in [7, 11) is 0. The number of aryl methyl sites for hydroxylation is 1. The number of rotatable bonds is 12. The van der Waals surface area contributed by atoms with E-state index < -0.39 is 0 Å². The smallest absolute Gasteiger partial charge is 0.132 e. The van der Waals surface area contributed by atoms with Gasteiger partial charge in [-0.05, 0) is 12.3 Å². The van der Waals surface area contributed by atoms with Crippen molar-refractivity contribution in [2.75, 3.05) is 52.9 Å². The van der Waals surface area contributed by atoms with E-state index in [4.69, 9.17) is 24.1 Å². The SMILES string of the molecule is Cc1cscc1OCCOCCOCCOCCO. The van der Waals surface area contributed by atoms with E-state index in [9.17, 15) is 0 Å². The highest BCUT2D eigenvalue weighted by Gasteiger charge is 1.99. The normalized spacial score (nSPS) is 10.8. The van der Waals surface area contributed by atoms with E-state index in [-0.39, 0.29) is 6.61 Å². The lowest BCUT2D eigenvalue weighted by Gasteiger charge is -2.07. The van der Waals surface area contributed by atoms with Crippen LogP contribution in [0.15, 0.2) is 10.8 Å². The molecular weight excluding hydrogens is 268 g/mol. The second-order valence-electron chi connectivity index (χ2n) is 3.83. The predicted molar refractivity (Wildman–Crippen MR) is 74.1 cm³/mol. The van der Waals surface area contributed by atoms with Gasteiger partial charge in [-0.3, -0.25) is 0 Å². The molecule has 6 heteroatoms. The van der Waals surface area contributed by atoms with Crippen LogP contribution in [0.3, 0.4) is 0 Å². The Hall–Kier alpha value is -0.660. The maximum atomic E-state index is 8.48. The second-order valence-corrected chi connectivity index (χ2v) is 4.57. The fourth-order valence-corrected chi connectivity index (χ4v) is 2.08. The molecule has 0 aromatic carbocycles. The molecule has 0 bridgehead atoms. The molecule has 19 heavy (non-hydrogen) atoms. The molecule has 0 atom stereocenters. The Morgan fingerprint density at radius 1 is 0.895 bits per heavy atom. The molecule has 0 spiro atoms. The highest BCUT2D eigenvalue weighted by molar-refractivity contribution is 7.08. The monoisotopic (exact) mass is 290 g/mol. The molecule has 1 aromatic rings. The van der Waals surface area contributed by atoms with Crippen molar-refractivity contribution >= 4 is 11.3 Å². The number of hydrogen-bond acceptors (Lipinski definition) is 6. The van der Waals surface area contributed by atoms with Crippen molar-refractivity contribution in [1.82, 2.24) is 0 Å². The number of aliphatic hydroxyl groups excluding tert-OH is 1. The van der Waals surface area contributed by atoms with Gasteiger partial charge >= 0.3 is 0 Å². The van der Waals surface area contributed by atoms with Crippen molar-refractivity contribution in [3.05, 3.63) is 16.3 Å². The molecule has 1 heterocycles. The van der Waals surface area contributed by atoms with Crippen LogP contribution in [-0.2, 0) is 14.2 Å². The highest BCUT2D eigenvalue weighted by Crippen LogP contribution is 2.21. The van der Waals surface area contributed by atoms with Gasteiger partial charge < -0.3 is 24.1 Å². The summed E-state index contributed by atoms with van der Waals surface area (Å²) in [4.78, 5) is 0. The molecule has 0 radical (unpaired) electrons. The summed E-state index contributed by atoms with van der Waals surface area (Å²) >= 11 is 1.64. The number of thiophene rings is 1. The minimum Gasteiger partial charge on any atom is -0.490 e. The second kappa shape index (κ2) is 11.2. The van der Waals surface area contributed by atoms with Crippen LogP contribution in [0, 0.1) is 6.92 Å². The molecule has 1 N–H and O–H groups in total. The summed E-state index contributed by atoms with van der Waals surface area (Å²) in [5.41, 5.74) is 1.16. The van der Waals surface area contributed by atoms with E-state index in [0.717, 1.165) is 11.3 Å². The predicted octanol–water partition coefficient (Wildman–Crippen LogP) is 1.48. The molecule has 0 saturated carbocycles. The summed E-state index contributed by atoms with van der Waals surface area (Å²) in [6.45, 7) is 5.66. The van der Waals surface area contributed by atoms with Gasteiger partial charge in [0.1, 0.15) is 12.4 Å². The van der Waals surface area contributed by atoms with Crippen molar-refractivity contribution in [2.24, 2.45) is 0 Å². The Kier molecular flexibility index (Phi) is 9.66. The van der Waals surface area contributed by atoms with Crippen molar-refractivity contribution in [3.63, 3.8) is 0 Å². The van der Waals surface area contributed by atoms with Crippen LogP contribution >= 0.6 is 11.3 Å². The molecule has 0 fully saturated rings. The molecule has 5 nitrogen and oxygen atoms in total. The van der Waals surface area contributed by atoms with E-state index in [1.807, 2.05) is 12.3 Å². The average molecular weight is 290 g/mol. The zero-order valence-corrected chi connectivity index (χ0v) is 12.1. The maximum Gasteiger partial charge on any atom is 0.132 e. The van der Waals surface area contributed by atoms with Crippen LogP contribution in [0.2, 0.25) is 0 Å². The summed E-state index contributed by atoms with van der Waals surface area (Å²) < 4.78 is 21.2. The zero-order valence-electron chi connectivity index (χ0n) is 11.3. The molecule has 0 unspecified atom stereocenters. The molecular formula is C13H22O5S. The molecule has 0 aliphatic rings. The van der Waals surface area contributed by atoms with Gasteiger partial charge in [-0.15, -0.1) is 11.3 Å². The van der Waals surface area contributed by atoms with Crippen molar-refractivity contribution < 1.29 is 24.1 Å². The van der Waals surface area contributed by atoms with Crippen LogP contribution in [0.1, 0.15) is 5.56 Å². The van der Waals surface area contributed by atoms with Crippen LogP contribution in [0.5, 0.6) is 5.75 Å². The number of hydrogen-bond donors (Lipinski definition) is 1. The quantitative estimate of drug-likeness (QED) is 0.591. The van der Waals surface area contributed by atoms with Crippen molar-refractivity contribution in [3.8, 4) is 5.75 Å². The minimum absolute atomic E-state index is 0.0483. The van der Waals surface area contributed by atoms with Gasteiger partial charge in [0.2, 0.25) is 0 Å². The first kappa shape index (κ1) is 16.4. The van der Waals surface area contributed by atoms with Crippen molar-refractivity contribution in [1.29, 1.82) is 0 Å². The summed E-state index contributed by atoms with van der Waals surface area (Å²) in [6, 6.07) is 0. The first-order valence-electron chi connectivity index (χ1n) is 6.34. The van der Waals surface area contributed by atoms with Crippen LogP contribution in [0.25, 0.3) is 0 Å². The third-order valence-electron chi connectivity index (χ3n) is 2.27. The lowest BCUT2D eigenvalue weighted by Crippen LogP contribution is -2.13. The Balaban J connectivity index is 1.80. The number of ether oxygens (including phenoxy) is 4. The molecule has 0 amide bonds. The summed E-state index contributed by atoms with van der Waals surface area (Å²) in [5, 5.41) is 12.5. The van der Waals surface area contributed by atoms with E-state index in [1.54, 1.807) is 11.3 Å². The third kappa shape index (κ3) is 8.18. The Morgan fingerprint density at radius 2 is 1.47 bits per heavy atom. The van der Waals surface area contributed by atoms with Gasteiger partial charge in [-0.2, -0.15) is 0 Å². The zero-order chi connectivity index (χ0) is 13.8. The van der Waals surface area contributed by atoms with Gasteiger partial charge in [0.05, 0.1) is 46.2 Å². The molecule has 1 aromatic heterocycles. The van der Waals surface area contributed by atoms with Gasteiger partial charge in [0, 0.05) is 10.9 Å². The van der Waals surface area contributed by atoms with Crippen LogP contribution in [0.4, 0.5) is 0 Å². The fourth-order valence-electron chi connectivity index (χ4n) is 1.31. The molecule has 0 aliphatic carbocycles. The van der Waals surface area contributed by atoms with Crippen LogP contribution in [-0.4, -0.2) is 58.0 Å². The fraction of sp³-hybridized carbons (Fsp3) is 0.692. The summed E-state index contributed by atoms with van der Waals surface area (Å²) in [5.74, 6) is 0.936. The first-order chi connectivity index (χ1) is 9.34. The lowest BCUT2D eigenvalue weighted by atomic mass is 10.4. The molecule has 1 rings (SSSR count). The topological polar surface area (TPSA) is 57.2 Å². The Labute approximate surface area is 118 Å². The van der Waals surface area contributed by atoms with E-state index in [2.05, 4.69) is 5.38 Å². The maximum absolute atomic E-state index is 8.48.